The second-order valence-electron chi connectivity index (χ2n) is 14.0. The Morgan fingerprint density at radius 1 is 1.04 bits per heavy atom. The van der Waals surface area contributed by atoms with Crippen LogP contribution in [0.2, 0.25) is 0 Å². The van der Waals surface area contributed by atoms with Gasteiger partial charge in [-0.15, -0.1) is 5.10 Å². The van der Waals surface area contributed by atoms with Crippen LogP contribution >= 0.6 is 0 Å². The third-order valence-corrected chi connectivity index (χ3v) is 10.9. The van der Waals surface area contributed by atoms with E-state index in [9.17, 15) is 24.3 Å². The molecule has 13 heteroatoms. The van der Waals surface area contributed by atoms with Gasteiger partial charge >= 0.3 is 5.97 Å². The fraction of sp³-hybridized carbons (Fsp3) is 0.474. The fourth-order valence-corrected chi connectivity index (χ4v) is 8.17. The third kappa shape index (κ3) is 6.01. The van der Waals surface area contributed by atoms with Crippen molar-refractivity contribution in [1.29, 1.82) is 0 Å². The Hall–Kier alpha value is -4.88. The number of para-hydroxylation sites is 1. The number of carbonyl (C=O) groups excluding carboxylic acids is 4. The van der Waals surface area contributed by atoms with E-state index in [4.69, 9.17) is 9.47 Å². The molecule has 9 atom stereocenters. The maximum absolute atomic E-state index is 15.0. The van der Waals surface area contributed by atoms with Gasteiger partial charge in [-0.3, -0.25) is 19.2 Å². The normalized spacial score (nSPS) is 31.5. The second-order valence-corrected chi connectivity index (χ2v) is 14.0. The number of cyclic esters (lactones) is 1. The van der Waals surface area contributed by atoms with Crippen molar-refractivity contribution in [2.45, 2.75) is 82.6 Å². The molecule has 2 aromatic carbocycles. The van der Waals surface area contributed by atoms with Crippen LogP contribution in [0, 0.1) is 17.8 Å². The van der Waals surface area contributed by atoms with Gasteiger partial charge in [0.1, 0.15) is 35.9 Å². The van der Waals surface area contributed by atoms with E-state index in [1.165, 1.54) is 4.90 Å². The number of carbonyl (C=O) groups is 4. The molecule has 5 heterocycles. The zero-order chi connectivity index (χ0) is 35.9. The molecular formula is C38H44N6O7. The number of rotatable bonds is 7. The summed E-state index contributed by atoms with van der Waals surface area (Å²) in [5, 5.41) is 22.3. The second kappa shape index (κ2) is 14.0. The summed E-state index contributed by atoms with van der Waals surface area (Å²) in [6.07, 6.45) is 6.50. The Balaban J connectivity index is 1.32. The highest BCUT2D eigenvalue weighted by molar-refractivity contribution is 5.99. The number of aliphatic hydroxyl groups excluding tert-OH is 1. The van der Waals surface area contributed by atoms with Crippen molar-refractivity contribution in [1.82, 2.24) is 30.1 Å². The number of nitrogens with one attached hydrogen (secondary N) is 1. The summed E-state index contributed by atoms with van der Waals surface area (Å²) in [5.74, 6) is -4.11. The summed E-state index contributed by atoms with van der Waals surface area (Å²) in [6, 6.07) is 14.1. The summed E-state index contributed by atoms with van der Waals surface area (Å²) < 4.78 is 14.8. The van der Waals surface area contributed by atoms with Crippen molar-refractivity contribution in [3.8, 4) is 0 Å². The van der Waals surface area contributed by atoms with E-state index in [0.717, 1.165) is 5.52 Å². The number of benzene rings is 2. The number of hydrogen-bond acceptors (Lipinski definition) is 9. The van der Waals surface area contributed by atoms with Crippen LogP contribution in [-0.4, -0.2) is 96.6 Å². The van der Waals surface area contributed by atoms with E-state index in [1.54, 1.807) is 40.8 Å². The largest absolute Gasteiger partial charge is 0.455 e. The number of fused-ring (bicyclic) bond motifs is 3. The molecular weight excluding hydrogens is 652 g/mol. The molecule has 0 saturated carbocycles. The molecule has 0 aliphatic carbocycles. The first kappa shape index (κ1) is 34.6. The van der Waals surface area contributed by atoms with Crippen LogP contribution in [0.1, 0.15) is 51.7 Å². The molecule has 7 rings (SSSR count). The molecule has 13 nitrogen and oxygen atoms in total. The number of amides is 3. The zero-order valence-electron chi connectivity index (χ0n) is 29.0. The standard InChI is InChI=1S/C38H44N6O7/c1-4-23(2)28(21-45)44-34-36(48)42(22-43-27-16-9-8-15-26(27)40-41-43)20-12-19-38(34)32(35(44)47)31-29(51-38)17-10-11-18-30(46)39-24(3)33(50-37(31)49)25-13-6-5-7-14-25/h5-10,12-17,19,23-24,28-29,31-34,45H,4,11,18,20-22H2,1-3H3,(H,39,46)/b17-10-/t23-,24+,28-,29+,31-,32-,33-,34+,38-/m0/s1. The fourth-order valence-electron chi connectivity index (χ4n) is 8.17. The Morgan fingerprint density at radius 2 is 1.80 bits per heavy atom. The average Bonchev–Trinajstić information content (AvgIpc) is 3.73. The molecule has 51 heavy (non-hydrogen) atoms. The van der Waals surface area contributed by atoms with Gasteiger partial charge in [0.25, 0.3) is 5.91 Å². The summed E-state index contributed by atoms with van der Waals surface area (Å²) in [6.45, 7) is 5.55. The van der Waals surface area contributed by atoms with E-state index < -0.39 is 65.6 Å². The van der Waals surface area contributed by atoms with Gasteiger partial charge in [-0.2, -0.15) is 0 Å². The molecule has 0 unspecified atom stereocenters. The monoisotopic (exact) mass is 696 g/mol. The first-order valence-electron chi connectivity index (χ1n) is 17.8. The van der Waals surface area contributed by atoms with Crippen molar-refractivity contribution >= 4 is 34.7 Å². The molecule has 4 aliphatic rings. The summed E-state index contributed by atoms with van der Waals surface area (Å²) >= 11 is 0. The number of aliphatic hydroxyl groups is 1. The molecule has 1 aromatic heterocycles. The Kier molecular flexibility index (Phi) is 9.51. The number of likely N-dealkylation sites (tertiary alicyclic amines) is 1. The van der Waals surface area contributed by atoms with Gasteiger partial charge in [-0.25, -0.2) is 4.68 Å². The van der Waals surface area contributed by atoms with Gasteiger partial charge in [0.2, 0.25) is 11.8 Å². The minimum Gasteiger partial charge on any atom is -0.455 e. The lowest BCUT2D eigenvalue weighted by molar-refractivity contribution is -0.162. The Morgan fingerprint density at radius 3 is 2.57 bits per heavy atom. The van der Waals surface area contributed by atoms with Gasteiger partial charge in [-0.05, 0) is 37.0 Å². The molecule has 3 amide bonds. The summed E-state index contributed by atoms with van der Waals surface area (Å²) in [7, 11) is 0. The van der Waals surface area contributed by atoms with Gasteiger partial charge < -0.3 is 29.7 Å². The first-order chi connectivity index (χ1) is 24.7. The van der Waals surface area contributed by atoms with E-state index >= 15 is 0 Å². The van der Waals surface area contributed by atoms with Crippen molar-refractivity contribution < 1.29 is 33.8 Å². The van der Waals surface area contributed by atoms with E-state index in [1.807, 2.05) is 68.4 Å². The lowest BCUT2D eigenvalue weighted by Crippen LogP contribution is -2.59. The molecule has 1 spiro atoms. The molecule has 4 aliphatic heterocycles. The molecule has 268 valence electrons. The van der Waals surface area contributed by atoms with Gasteiger partial charge in [-0.1, -0.05) is 92.3 Å². The molecule has 2 fully saturated rings. The van der Waals surface area contributed by atoms with Gasteiger partial charge in [0.05, 0.1) is 36.2 Å². The van der Waals surface area contributed by atoms with E-state index in [2.05, 4.69) is 15.6 Å². The SMILES string of the molecule is CC[C@H](C)[C@H](CO)N1C(=O)[C@@H]2[C@H]3C(=O)O[C@H](c4ccccc4)[C@@H](C)NC(=O)CC/C=C\[C@H]3O[C@@]23C=CCN(Cn2nnc4ccccc42)C(=O)[C@@H]13. The van der Waals surface area contributed by atoms with Gasteiger partial charge in [0.15, 0.2) is 0 Å². The topological polar surface area (TPSA) is 156 Å². The highest BCUT2D eigenvalue weighted by Gasteiger charge is 2.72. The first-order valence-corrected chi connectivity index (χ1v) is 17.8. The minimum atomic E-state index is -1.55. The van der Waals surface area contributed by atoms with Crippen LogP contribution in [0.25, 0.3) is 11.0 Å². The Labute approximate surface area is 296 Å². The smallest absolute Gasteiger partial charge is 0.313 e. The number of esters is 1. The average molecular weight is 697 g/mol. The van der Waals surface area contributed by atoms with Crippen molar-refractivity contribution in [2.24, 2.45) is 17.8 Å². The van der Waals surface area contributed by atoms with E-state index in [-0.39, 0.29) is 38.1 Å². The third-order valence-electron chi connectivity index (χ3n) is 10.9. The molecule has 2 saturated heterocycles. The maximum atomic E-state index is 15.0. The van der Waals surface area contributed by atoms with Crippen LogP contribution in [0.4, 0.5) is 0 Å². The number of ether oxygens (including phenoxy) is 2. The van der Waals surface area contributed by atoms with Crippen LogP contribution in [0.5, 0.6) is 0 Å². The molecule has 0 radical (unpaired) electrons. The predicted octanol–water partition coefficient (Wildman–Crippen LogP) is 2.91. The lowest BCUT2D eigenvalue weighted by atomic mass is 9.77. The van der Waals surface area contributed by atoms with Crippen molar-refractivity contribution in [3.63, 3.8) is 0 Å². The van der Waals surface area contributed by atoms with Gasteiger partial charge in [0, 0.05) is 13.0 Å². The summed E-state index contributed by atoms with van der Waals surface area (Å²) in [4.78, 5) is 60.4. The molecule has 2 N–H and O–H groups in total. The van der Waals surface area contributed by atoms with Crippen molar-refractivity contribution in [2.75, 3.05) is 13.2 Å². The van der Waals surface area contributed by atoms with E-state index in [0.29, 0.717) is 23.9 Å². The predicted molar refractivity (Wildman–Crippen MR) is 185 cm³/mol. The minimum absolute atomic E-state index is 0.0581. The van der Waals surface area contributed by atoms with Crippen LogP contribution < -0.4 is 5.32 Å². The highest BCUT2D eigenvalue weighted by Crippen LogP contribution is 2.54. The number of hydrogen-bond donors (Lipinski definition) is 2. The van der Waals surface area contributed by atoms with Crippen LogP contribution in [-0.2, 0) is 35.3 Å². The number of aromatic nitrogens is 3. The van der Waals surface area contributed by atoms with Crippen LogP contribution in [0.3, 0.4) is 0 Å². The lowest BCUT2D eigenvalue weighted by Gasteiger charge is -2.40. The summed E-state index contributed by atoms with van der Waals surface area (Å²) in [5.41, 5.74) is 0.568. The van der Waals surface area contributed by atoms with Crippen LogP contribution in [0.15, 0.2) is 78.9 Å². The zero-order valence-corrected chi connectivity index (χ0v) is 29.0. The Bertz CT molecular complexity index is 1860. The molecule has 3 aromatic rings. The number of nitrogens with zero attached hydrogens (tertiary/aromatic N) is 5. The molecule has 0 bridgehead atoms. The van der Waals surface area contributed by atoms with Crippen molar-refractivity contribution in [3.05, 3.63) is 84.5 Å². The quantitative estimate of drug-likeness (QED) is 0.280. The maximum Gasteiger partial charge on any atom is 0.313 e. The number of allylic oxidation sites excluding steroid dienone is 1. The highest BCUT2D eigenvalue weighted by atomic mass is 16.6.